The summed E-state index contributed by atoms with van der Waals surface area (Å²) >= 11 is 0. The third-order valence-electron chi connectivity index (χ3n) is 4.92. The Morgan fingerprint density at radius 3 is 2.31 bits per heavy atom. The maximum atomic E-state index is 13.0. The van der Waals surface area contributed by atoms with Crippen molar-refractivity contribution >= 4 is 17.7 Å². The molecule has 2 fully saturated rings. The first-order valence-electron chi connectivity index (χ1n) is 9.69. The minimum atomic E-state index is -0.557. The monoisotopic (exact) mass is 394 g/mol. The van der Waals surface area contributed by atoms with Gasteiger partial charge in [-0.25, -0.2) is 4.98 Å². The summed E-state index contributed by atoms with van der Waals surface area (Å²) in [5.41, 5.74) is 0.364. The zero-order chi connectivity index (χ0) is 20.2. The third kappa shape index (κ3) is 4.53. The molecule has 8 nitrogen and oxygen atoms in total. The highest BCUT2D eigenvalue weighted by atomic mass is 16.5. The number of para-hydroxylation sites is 1. The van der Waals surface area contributed by atoms with Gasteiger partial charge in [-0.3, -0.25) is 14.4 Å². The predicted molar refractivity (Wildman–Crippen MR) is 104 cm³/mol. The van der Waals surface area contributed by atoms with Gasteiger partial charge in [-0.1, -0.05) is 18.2 Å². The standard InChI is InChI=1S/C21H22N4O4/c26-18(23-15-8-9-15)21(28)25-13-11-24(12-14-25)20(27)17-7-4-10-22-19(17)29-16-5-2-1-3-6-16/h1-7,10,15H,8-9,11-14H2,(H,23,26). The molecule has 0 bridgehead atoms. The molecule has 1 aliphatic heterocycles. The lowest BCUT2D eigenvalue weighted by Crippen LogP contribution is -2.54. The van der Waals surface area contributed by atoms with Gasteiger partial charge in [0.15, 0.2) is 0 Å². The molecule has 1 aromatic heterocycles. The summed E-state index contributed by atoms with van der Waals surface area (Å²) < 4.78 is 5.78. The molecule has 0 atom stereocenters. The van der Waals surface area contributed by atoms with E-state index in [-0.39, 0.29) is 17.8 Å². The lowest BCUT2D eigenvalue weighted by atomic mass is 10.2. The number of nitrogens with one attached hydrogen (secondary N) is 1. The fourth-order valence-electron chi connectivity index (χ4n) is 3.14. The van der Waals surface area contributed by atoms with Crippen molar-refractivity contribution < 1.29 is 19.1 Å². The Bertz CT molecular complexity index is 906. The second-order valence-corrected chi connectivity index (χ2v) is 7.10. The first-order chi connectivity index (χ1) is 14.1. The Hall–Kier alpha value is -3.42. The van der Waals surface area contributed by atoms with E-state index in [9.17, 15) is 14.4 Å². The second-order valence-electron chi connectivity index (χ2n) is 7.10. The predicted octanol–water partition coefficient (Wildman–Crippen LogP) is 1.44. The van der Waals surface area contributed by atoms with Crippen LogP contribution in [-0.2, 0) is 9.59 Å². The van der Waals surface area contributed by atoms with E-state index in [1.54, 1.807) is 35.4 Å². The normalized spacial score (nSPS) is 16.3. The van der Waals surface area contributed by atoms with Crippen molar-refractivity contribution in [3.05, 3.63) is 54.2 Å². The summed E-state index contributed by atoms with van der Waals surface area (Å²) in [6, 6.07) is 12.7. The number of hydrogen-bond acceptors (Lipinski definition) is 5. The van der Waals surface area contributed by atoms with Gasteiger partial charge >= 0.3 is 11.8 Å². The summed E-state index contributed by atoms with van der Waals surface area (Å²) in [7, 11) is 0. The SMILES string of the molecule is O=C(NC1CC1)C(=O)N1CCN(C(=O)c2cccnc2Oc2ccccc2)CC1. The minimum absolute atomic E-state index is 0.142. The molecule has 0 spiro atoms. The third-order valence-corrected chi connectivity index (χ3v) is 4.92. The molecule has 2 heterocycles. The van der Waals surface area contributed by atoms with E-state index < -0.39 is 11.8 Å². The summed E-state index contributed by atoms with van der Waals surface area (Å²) in [4.78, 5) is 44.5. The van der Waals surface area contributed by atoms with E-state index >= 15 is 0 Å². The lowest BCUT2D eigenvalue weighted by Gasteiger charge is -2.34. The zero-order valence-electron chi connectivity index (χ0n) is 15.9. The van der Waals surface area contributed by atoms with Crippen molar-refractivity contribution in [3.63, 3.8) is 0 Å². The van der Waals surface area contributed by atoms with Crippen molar-refractivity contribution in [1.82, 2.24) is 20.1 Å². The molecule has 150 valence electrons. The molecule has 1 N–H and O–H groups in total. The molecule has 4 rings (SSSR count). The van der Waals surface area contributed by atoms with Gasteiger partial charge in [0.25, 0.3) is 5.91 Å². The van der Waals surface area contributed by atoms with E-state index in [0.717, 1.165) is 12.8 Å². The lowest BCUT2D eigenvalue weighted by molar-refractivity contribution is -0.146. The van der Waals surface area contributed by atoms with Crippen LogP contribution in [0, 0.1) is 0 Å². The number of amides is 3. The van der Waals surface area contributed by atoms with Crippen molar-refractivity contribution in [1.29, 1.82) is 0 Å². The van der Waals surface area contributed by atoms with Crippen LogP contribution in [0.5, 0.6) is 11.6 Å². The van der Waals surface area contributed by atoms with Crippen molar-refractivity contribution in [3.8, 4) is 11.6 Å². The Morgan fingerprint density at radius 2 is 1.62 bits per heavy atom. The Labute approximate surface area is 168 Å². The fourth-order valence-corrected chi connectivity index (χ4v) is 3.14. The number of hydrogen-bond donors (Lipinski definition) is 1. The first-order valence-corrected chi connectivity index (χ1v) is 9.69. The van der Waals surface area contributed by atoms with Crippen LogP contribution in [0.3, 0.4) is 0 Å². The number of nitrogens with zero attached hydrogens (tertiary/aromatic N) is 3. The van der Waals surface area contributed by atoms with Crippen LogP contribution >= 0.6 is 0 Å². The summed E-state index contributed by atoms with van der Waals surface area (Å²) in [6.45, 7) is 1.33. The molecule has 2 aromatic rings. The van der Waals surface area contributed by atoms with Gasteiger partial charge in [0.1, 0.15) is 11.3 Å². The van der Waals surface area contributed by atoms with Gasteiger partial charge in [0, 0.05) is 38.4 Å². The van der Waals surface area contributed by atoms with E-state index in [0.29, 0.717) is 37.5 Å². The van der Waals surface area contributed by atoms with Crippen molar-refractivity contribution in [2.24, 2.45) is 0 Å². The molecule has 0 unspecified atom stereocenters. The Kier molecular flexibility index (Phi) is 5.41. The first kappa shape index (κ1) is 18.9. The smallest absolute Gasteiger partial charge is 0.312 e. The van der Waals surface area contributed by atoms with Crippen LogP contribution in [0.1, 0.15) is 23.2 Å². The number of carbonyl (C=O) groups excluding carboxylic acids is 3. The molecule has 29 heavy (non-hydrogen) atoms. The molecule has 3 amide bonds. The van der Waals surface area contributed by atoms with Gasteiger partial charge in [-0.05, 0) is 37.1 Å². The molecule has 1 aromatic carbocycles. The molecule has 8 heteroatoms. The number of ether oxygens (including phenoxy) is 1. The number of carbonyl (C=O) groups is 3. The molecule has 1 saturated carbocycles. The molecule has 2 aliphatic rings. The van der Waals surface area contributed by atoms with Crippen LogP contribution in [0.25, 0.3) is 0 Å². The van der Waals surface area contributed by atoms with Gasteiger partial charge in [-0.15, -0.1) is 0 Å². The summed E-state index contributed by atoms with van der Waals surface area (Å²) in [6.07, 6.45) is 3.43. The van der Waals surface area contributed by atoms with E-state index in [1.165, 1.54) is 4.90 Å². The number of piperazine rings is 1. The number of aromatic nitrogens is 1. The quantitative estimate of drug-likeness (QED) is 0.793. The van der Waals surface area contributed by atoms with Gasteiger partial charge in [-0.2, -0.15) is 0 Å². The maximum Gasteiger partial charge on any atom is 0.312 e. The largest absolute Gasteiger partial charge is 0.438 e. The maximum absolute atomic E-state index is 13.0. The highest BCUT2D eigenvalue weighted by molar-refractivity contribution is 6.35. The average molecular weight is 394 g/mol. The number of pyridine rings is 1. The van der Waals surface area contributed by atoms with Crippen LogP contribution in [0.4, 0.5) is 0 Å². The highest BCUT2D eigenvalue weighted by Crippen LogP contribution is 2.24. The van der Waals surface area contributed by atoms with E-state index in [4.69, 9.17) is 4.74 Å². The molecule has 1 saturated heterocycles. The van der Waals surface area contributed by atoms with Crippen LogP contribution in [0.15, 0.2) is 48.7 Å². The van der Waals surface area contributed by atoms with E-state index in [2.05, 4.69) is 10.3 Å². The average Bonchev–Trinajstić information content (AvgIpc) is 3.58. The van der Waals surface area contributed by atoms with Crippen molar-refractivity contribution in [2.45, 2.75) is 18.9 Å². The van der Waals surface area contributed by atoms with Crippen LogP contribution in [-0.4, -0.2) is 64.7 Å². The number of rotatable bonds is 4. The van der Waals surface area contributed by atoms with Gasteiger partial charge in [0.2, 0.25) is 5.88 Å². The summed E-state index contributed by atoms with van der Waals surface area (Å²) in [5, 5.41) is 2.71. The van der Waals surface area contributed by atoms with Crippen molar-refractivity contribution in [2.75, 3.05) is 26.2 Å². The minimum Gasteiger partial charge on any atom is -0.438 e. The molecule has 0 radical (unpaired) electrons. The topological polar surface area (TPSA) is 91.8 Å². The van der Waals surface area contributed by atoms with Crippen LogP contribution < -0.4 is 10.1 Å². The molecular weight excluding hydrogens is 372 g/mol. The second kappa shape index (κ2) is 8.30. The molecule has 1 aliphatic carbocycles. The van der Waals surface area contributed by atoms with E-state index in [1.807, 2.05) is 18.2 Å². The summed E-state index contributed by atoms with van der Waals surface area (Å²) in [5.74, 6) is -0.460. The number of benzene rings is 1. The Morgan fingerprint density at radius 1 is 0.931 bits per heavy atom. The highest BCUT2D eigenvalue weighted by Gasteiger charge is 2.32. The van der Waals surface area contributed by atoms with Gasteiger partial charge in [0.05, 0.1) is 0 Å². The van der Waals surface area contributed by atoms with Crippen LogP contribution in [0.2, 0.25) is 0 Å². The Balaban J connectivity index is 1.38. The molecular formula is C21H22N4O4. The zero-order valence-corrected chi connectivity index (χ0v) is 15.9. The fraction of sp³-hybridized carbons (Fsp3) is 0.333. The van der Waals surface area contributed by atoms with Gasteiger partial charge < -0.3 is 19.9 Å².